The number of ether oxygens (including phenoxy) is 1. The minimum Gasteiger partial charge on any atom is -0.492 e. The largest absolute Gasteiger partial charge is 0.492 e. The SMILES string of the molecule is Cc1cc(C)cc(OCCN(C)C(=O)CC2CNC2)c1. The molecule has 110 valence electrons. The summed E-state index contributed by atoms with van der Waals surface area (Å²) in [6.07, 6.45) is 0.646. The second-order valence-corrected chi connectivity index (χ2v) is 5.72. The zero-order valence-corrected chi connectivity index (χ0v) is 12.6. The summed E-state index contributed by atoms with van der Waals surface area (Å²) in [5.41, 5.74) is 2.39. The molecule has 1 aliphatic rings. The molecule has 1 saturated heterocycles. The van der Waals surface area contributed by atoms with Gasteiger partial charge in [-0.15, -0.1) is 0 Å². The highest BCUT2D eigenvalue weighted by molar-refractivity contribution is 5.76. The molecule has 1 N–H and O–H groups in total. The highest BCUT2D eigenvalue weighted by atomic mass is 16.5. The molecule has 1 heterocycles. The van der Waals surface area contributed by atoms with Gasteiger partial charge in [-0.2, -0.15) is 0 Å². The van der Waals surface area contributed by atoms with Crippen molar-refractivity contribution in [2.45, 2.75) is 20.3 Å². The Morgan fingerprint density at radius 3 is 2.50 bits per heavy atom. The van der Waals surface area contributed by atoms with Crippen LogP contribution in [0.5, 0.6) is 5.75 Å². The zero-order chi connectivity index (χ0) is 14.5. The predicted molar refractivity (Wildman–Crippen MR) is 80.0 cm³/mol. The van der Waals surface area contributed by atoms with Crippen molar-refractivity contribution in [1.29, 1.82) is 0 Å². The monoisotopic (exact) mass is 276 g/mol. The van der Waals surface area contributed by atoms with Crippen LogP contribution in [0.25, 0.3) is 0 Å². The maximum Gasteiger partial charge on any atom is 0.222 e. The molecule has 1 fully saturated rings. The van der Waals surface area contributed by atoms with Crippen LogP contribution in [-0.2, 0) is 4.79 Å². The van der Waals surface area contributed by atoms with Crippen molar-refractivity contribution in [1.82, 2.24) is 10.2 Å². The van der Waals surface area contributed by atoms with E-state index in [4.69, 9.17) is 4.74 Å². The molecule has 1 aromatic carbocycles. The number of benzene rings is 1. The van der Waals surface area contributed by atoms with Crippen molar-refractivity contribution in [3.05, 3.63) is 29.3 Å². The van der Waals surface area contributed by atoms with E-state index in [1.165, 1.54) is 11.1 Å². The normalized spacial score (nSPS) is 14.8. The number of likely N-dealkylation sites (N-methyl/N-ethyl adjacent to an activating group) is 1. The van der Waals surface area contributed by atoms with Crippen LogP contribution < -0.4 is 10.1 Å². The van der Waals surface area contributed by atoms with E-state index in [2.05, 4.69) is 25.2 Å². The van der Waals surface area contributed by atoms with E-state index in [1.807, 2.05) is 19.2 Å². The molecule has 20 heavy (non-hydrogen) atoms. The molecule has 0 aromatic heterocycles. The summed E-state index contributed by atoms with van der Waals surface area (Å²) in [4.78, 5) is 13.7. The van der Waals surface area contributed by atoms with Crippen LogP contribution in [0.3, 0.4) is 0 Å². The Labute approximate surface area is 121 Å². The highest BCUT2D eigenvalue weighted by Crippen LogP contribution is 2.16. The fourth-order valence-electron chi connectivity index (χ4n) is 2.34. The molecule has 0 aliphatic carbocycles. The molecule has 0 spiro atoms. The summed E-state index contributed by atoms with van der Waals surface area (Å²) in [6.45, 7) is 7.22. The van der Waals surface area contributed by atoms with E-state index >= 15 is 0 Å². The molecule has 1 aliphatic heterocycles. The van der Waals surface area contributed by atoms with Crippen LogP contribution in [-0.4, -0.2) is 44.1 Å². The number of aryl methyl sites for hydroxylation is 2. The van der Waals surface area contributed by atoms with Crippen LogP contribution in [0, 0.1) is 19.8 Å². The van der Waals surface area contributed by atoms with Crippen LogP contribution in [0.15, 0.2) is 18.2 Å². The lowest BCUT2D eigenvalue weighted by Crippen LogP contribution is -2.45. The Bertz CT molecular complexity index is 449. The number of rotatable bonds is 6. The van der Waals surface area contributed by atoms with Gasteiger partial charge in [0, 0.05) is 13.5 Å². The van der Waals surface area contributed by atoms with Crippen LogP contribution in [0.4, 0.5) is 0 Å². The molecule has 0 unspecified atom stereocenters. The average molecular weight is 276 g/mol. The van der Waals surface area contributed by atoms with E-state index in [9.17, 15) is 4.79 Å². The quantitative estimate of drug-likeness (QED) is 0.860. The van der Waals surface area contributed by atoms with Crippen molar-refractivity contribution in [2.24, 2.45) is 5.92 Å². The summed E-state index contributed by atoms with van der Waals surface area (Å²) >= 11 is 0. The third kappa shape index (κ3) is 4.23. The van der Waals surface area contributed by atoms with E-state index < -0.39 is 0 Å². The summed E-state index contributed by atoms with van der Waals surface area (Å²) in [5, 5.41) is 3.19. The summed E-state index contributed by atoms with van der Waals surface area (Å²) in [7, 11) is 1.85. The Balaban J connectivity index is 1.72. The first-order valence-corrected chi connectivity index (χ1v) is 7.20. The molecule has 0 saturated carbocycles. The number of carbonyl (C=O) groups is 1. The molecule has 0 atom stereocenters. The fraction of sp³-hybridized carbons (Fsp3) is 0.562. The van der Waals surface area contributed by atoms with E-state index in [0.29, 0.717) is 25.5 Å². The first-order chi connectivity index (χ1) is 9.54. The van der Waals surface area contributed by atoms with E-state index in [0.717, 1.165) is 18.8 Å². The van der Waals surface area contributed by atoms with Gasteiger partial charge in [0.1, 0.15) is 12.4 Å². The molecule has 4 nitrogen and oxygen atoms in total. The Hall–Kier alpha value is -1.55. The topological polar surface area (TPSA) is 41.6 Å². The third-order valence-electron chi connectivity index (χ3n) is 3.65. The van der Waals surface area contributed by atoms with Crippen LogP contribution in [0.2, 0.25) is 0 Å². The molecule has 2 rings (SSSR count). The standard InChI is InChI=1S/C16H24N2O2/c1-12-6-13(2)8-15(7-12)20-5-4-18(3)16(19)9-14-10-17-11-14/h6-8,14,17H,4-5,9-11H2,1-3H3. The minimum atomic E-state index is 0.209. The van der Waals surface area contributed by atoms with Crippen LogP contribution >= 0.6 is 0 Å². The zero-order valence-electron chi connectivity index (χ0n) is 12.6. The van der Waals surface area contributed by atoms with E-state index in [-0.39, 0.29) is 5.91 Å². The Kier molecular flexibility index (Phi) is 5.01. The molecule has 1 amide bonds. The lowest BCUT2D eigenvalue weighted by Gasteiger charge is -2.28. The molecular formula is C16H24N2O2. The van der Waals surface area contributed by atoms with Gasteiger partial charge in [0.15, 0.2) is 0 Å². The molecule has 0 radical (unpaired) electrons. The van der Waals surface area contributed by atoms with E-state index in [1.54, 1.807) is 4.90 Å². The molecule has 1 aromatic rings. The number of nitrogens with one attached hydrogen (secondary N) is 1. The van der Waals surface area contributed by atoms with Gasteiger partial charge in [-0.3, -0.25) is 4.79 Å². The van der Waals surface area contributed by atoms with Gasteiger partial charge in [0.25, 0.3) is 0 Å². The lowest BCUT2D eigenvalue weighted by molar-refractivity contribution is -0.131. The van der Waals surface area contributed by atoms with Crippen molar-refractivity contribution in [3.63, 3.8) is 0 Å². The first kappa shape index (κ1) is 14.9. The fourth-order valence-corrected chi connectivity index (χ4v) is 2.34. The van der Waals surface area contributed by atoms with Crippen LogP contribution in [0.1, 0.15) is 17.5 Å². The van der Waals surface area contributed by atoms with Gasteiger partial charge >= 0.3 is 0 Å². The van der Waals surface area contributed by atoms with Gasteiger partial charge in [-0.05, 0) is 56.1 Å². The summed E-state index contributed by atoms with van der Waals surface area (Å²) in [6, 6.07) is 6.17. The van der Waals surface area contributed by atoms with Gasteiger partial charge in [-0.25, -0.2) is 0 Å². The lowest BCUT2D eigenvalue weighted by atomic mass is 9.99. The molecule has 4 heteroatoms. The predicted octanol–water partition coefficient (Wildman–Crippen LogP) is 1.75. The van der Waals surface area contributed by atoms with Gasteiger partial charge in [0.05, 0.1) is 6.54 Å². The van der Waals surface area contributed by atoms with Crippen molar-refractivity contribution >= 4 is 5.91 Å². The van der Waals surface area contributed by atoms with Crippen molar-refractivity contribution in [2.75, 3.05) is 33.3 Å². The maximum atomic E-state index is 11.9. The highest BCUT2D eigenvalue weighted by Gasteiger charge is 2.21. The second-order valence-electron chi connectivity index (χ2n) is 5.72. The number of hydrogen-bond acceptors (Lipinski definition) is 3. The number of hydrogen-bond donors (Lipinski definition) is 1. The van der Waals surface area contributed by atoms with Gasteiger partial charge < -0.3 is 15.0 Å². The number of amides is 1. The maximum absolute atomic E-state index is 11.9. The second kappa shape index (κ2) is 6.75. The van der Waals surface area contributed by atoms with Gasteiger partial charge in [0.2, 0.25) is 5.91 Å². The summed E-state index contributed by atoms with van der Waals surface area (Å²) < 4.78 is 5.73. The summed E-state index contributed by atoms with van der Waals surface area (Å²) in [5.74, 6) is 1.61. The molecular weight excluding hydrogens is 252 g/mol. The molecule has 0 bridgehead atoms. The average Bonchev–Trinajstić information content (AvgIpc) is 2.32. The Morgan fingerprint density at radius 2 is 1.95 bits per heavy atom. The minimum absolute atomic E-state index is 0.209. The third-order valence-corrected chi connectivity index (χ3v) is 3.65. The van der Waals surface area contributed by atoms with Crippen molar-refractivity contribution in [3.8, 4) is 5.75 Å². The number of nitrogens with zero attached hydrogens (tertiary/aromatic N) is 1. The Morgan fingerprint density at radius 1 is 1.30 bits per heavy atom. The van der Waals surface area contributed by atoms with Gasteiger partial charge in [-0.1, -0.05) is 6.07 Å². The number of carbonyl (C=O) groups excluding carboxylic acids is 1. The smallest absolute Gasteiger partial charge is 0.222 e. The first-order valence-electron chi connectivity index (χ1n) is 7.20. The van der Waals surface area contributed by atoms with Crippen molar-refractivity contribution < 1.29 is 9.53 Å².